The maximum Gasteiger partial charge on any atom is 0.0917 e. The number of quaternary nitrogens is 1. The van der Waals surface area contributed by atoms with E-state index in [4.69, 9.17) is 5.11 Å². The van der Waals surface area contributed by atoms with Crippen LogP contribution in [0, 0.1) is 5.92 Å². The summed E-state index contributed by atoms with van der Waals surface area (Å²) in [5, 5.41) is 9.09. The molecule has 0 spiro atoms. The highest BCUT2D eigenvalue weighted by atomic mass is 16.3. The monoisotopic (exact) mass is 198 g/mol. The molecule has 2 rings (SSSR count). The molecule has 2 heterocycles. The average Bonchev–Trinajstić information content (AvgIpc) is 2.18. The van der Waals surface area contributed by atoms with Crippen molar-refractivity contribution in [2.75, 3.05) is 26.7 Å². The molecule has 0 aliphatic carbocycles. The lowest BCUT2D eigenvalue weighted by atomic mass is 9.80. The van der Waals surface area contributed by atoms with Gasteiger partial charge in [-0.1, -0.05) is 0 Å². The van der Waals surface area contributed by atoms with E-state index < -0.39 is 0 Å². The molecule has 0 aromatic heterocycles. The first kappa shape index (κ1) is 10.4. The van der Waals surface area contributed by atoms with Crippen LogP contribution in [0.25, 0.3) is 0 Å². The second-order valence-electron chi connectivity index (χ2n) is 5.40. The molecule has 0 unspecified atom stereocenters. The van der Waals surface area contributed by atoms with Crippen molar-refractivity contribution in [3.05, 3.63) is 0 Å². The van der Waals surface area contributed by atoms with Crippen LogP contribution in [0.15, 0.2) is 0 Å². The van der Waals surface area contributed by atoms with Gasteiger partial charge in [-0.05, 0) is 38.5 Å². The molecule has 0 saturated carbocycles. The van der Waals surface area contributed by atoms with Gasteiger partial charge in [-0.2, -0.15) is 0 Å². The van der Waals surface area contributed by atoms with Crippen molar-refractivity contribution in [2.45, 2.75) is 44.6 Å². The van der Waals surface area contributed by atoms with E-state index in [9.17, 15) is 0 Å². The van der Waals surface area contributed by atoms with Crippen molar-refractivity contribution in [3.8, 4) is 0 Å². The number of nitrogens with zero attached hydrogens (tertiary/aromatic N) is 1. The Labute approximate surface area is 87.5 Å². The molecule has 0 radical (unpaired) electrons. The van der Waals surface area contributed by atoms with Crippen molar-refractivity contribution in [2.24, 2.45) is 5.92 Å². The standard InChI is InChI=1S/C12H24NO/c1-13-8-3-2-6-12(13)11(7-10-14)5-4-9-13/h11-12,14H,2-10H2,1H3/q+1/t11-,12+,13+/m1/s1. The molecule has 3 atom stereocenters. The lowest BCUT2D eigenvalue weighted by Gasteiger charge is -2.51. The Hall–Kier alpha value is -0.0800. The van der Waals surface area contributed by atoms with E-state index in [0.717, 1.165) is 18.4 Å². The summed E-state index contributed by atoms with van der Waals surface area (Å²) < 4.78 is 1.31. The summed E-state index contributed by atoms with van der Waals surface area (Å²) in [7, 11) is 2.44. The van der Waals surface area contributed by atoms with Gasteiger partial charge in [0.25, 0.3) is 0 Å². The van der Waals surface area contributed by atoms with Crippen molar-refractivity contribution in [1.29, 1.82) is 0 Å². The fraction of sp³-hybridized carbons (Fsp3) is 1.00. The molecule has 2 nitrogen and oxygen atoms in total. The number of piperidine rings is 2. The molecule has 2 aliphatic heterocycles. The van der Waals surface area contributed by atoms with Gasteiger partial charge < -0.3 is 9.59 Å². The Morgan fingerprint density at radius 1 is 1.14 bits per heavy atom. The number of rotatable bonds is 2. The molecule has 0 aromatic carbocycles. The molecule has 2 heteroatoms. The zero-order chi connectivity index (χ0) is 10.0. The second-order valence-corrected chi connectivity index (χ2v) is 5.40. The minimum Gasteiger partial charge on any atom is -0.396 e. The zero-order valence-corrected chi connectivity index (χ0v) is 9.41. The van der Waals surface area contributed by atoms with Crippen LogP contribution in [0.3, 0.4) is 0 Å². The maximum absolute atomic E-state index is 9.09. The molecule has 0 amide bonds. The molecule has 0 aromatic rings. The summed E-state index contributed by atoms with van der Waals surface area (Å²) in [6.07, 6.45) is 8.01. The van der Waals surface area contributed by atoms with Gasteiger partial charge in [0.2, 0.25) is 0 Å². The van der Waals surface area contributed by atoms with Gasteiger partial charge in [0.1, 0.15) is 0 Å². The fourth-order valence-corrected chi connectivity index (χ4v) is 3.74. The molecule has 14 heavy (non-hydrogen) atoms. The molecular weight excluding hydrogens is 174 g/mol. The number of hydrogen-bond donors (Lipinski definition) is 1. The molecule has 2 saturated heterocycles. The van der Waals surface area contributed by atoms with E-state index in [0.29, 0.717) is 6.61 Å². The first-order chi connectivity index (χ1) is 6.76. The van der Waals surface area contributed by atoms with Crippen LogP contribution in [-0.2, 0) is 0 Å². The van der Waals surface area contributed by atoms with Crippen molar-refractivity contribution >= 4 is 0 Å². The summed E-state index contributed by atoms with van der Waals surface area (Å²) in [6.45, 7) is 3.15. The van der Waals surface area contributed by atoms with Gasteiger partial charge in [-0.3, -0.25) is 0 Å². The largest absolute Gasteiger partial charge is 0.396 e. The SMILES string of the molecule is C[N@@+]12CCCC[C@H]1[C@@H](CCO)CCC2. The van der Waals surface area contributed by atoms with Crippen LogP contribution in [0.4, 0.5) is 0 Å². The van der Waals surface area contributed by atoms with E-state index in [-0.39, 0.29) is 0 Å². The highest BCUT2D eigenvalue weighted by molar-refractivity contribution is 4.78. The van der Waals surface area contributed by atoms with E-state index in [1.807, 2.05) is 0 Å². The molecule has 82 valence electrons. The van der Waals surface area contributed by atoms with Crippen LogP contribution in [0.2, 0.25) is 0 Å². The maximum atomic E-state index is 9.09. The van der Waals surface area contributed by atoms with E-state index in [1.165, 1.54) is 49.7 Å². The molecule has 0 bridgehead atoms. The first-order valence-corrected chi connectivity index (χ1v) is 6.21. The van der Waals surface area contributed by atoms with Gasteiger partial charge in [0.05, 0.1) is 26.2 Å². The average molecular weight is 198 g/mol. The third-order valence-corrected chi connectivity index (χ3v) is 4.51. The summed E-state index contributed by atoms with van der Waals surface area (Å²) in [5.74, 6) is 0.805. The van der Waals surface area contributed by atoms with Gasteiger partial charge in [0.15, 0.2) is 0 Å². The molecule has 1 N–H and O–H groups in total. The Kier molecular flexibility index (Phi) is 3.13. The van der Waals surface area contributed by atoms with Crippen LogP contribution in [0.1, 0.15) is 38.5 Å². The summed E-state index contributed by atoms with van der Waals surface area (Å²) in [4.78, 5) is 0. The van der Waals surface area contributed by atoms with Gasteiger partial charge >= 0.3 is 0 Å². The lowest BCUT2D eigenvalue weighted by molar-refractivity contribution is -0.947. The van der Waals surface area contributed by atoms with Crippen molar-refractivity contribution < 1.29 is 9.59 Å². The smallest absolute Gasteiger partial charge is 0.0917 e. The van der Waals surface area contributed by atoms with Crippen LogP contribution >= 0.6 is 0 Å². The Bertz CT molecular complexity index is 189. The van der Waals surface area contributed by atoms with Crippen LogP contribution in [0.5, 0.6) is 0 Å². The summed E-state index contributed by atoms with van der Waals surface area (Å²) in [6, 6.07) is 0.865. The predicted octanol–water partition coefficient (Wildman–Crippen LogP) is 1.78. The predicted molar refractivity (Wildman–Crippen MR) is 58.0 cm³/mol. The topological polar surface area (TPSA) is 20.2 Å². The number of aliphatic hydroxyl groups excluding tert-OH is 1. The Balaban J connectivity index is 2.06. The van der Waals surface area contributed by atoms with Crippen LogP contribution < -0.4 is 0 Å². The van der Waals surface area contributed by atoms with Gasteiger partial charge in [-0.15, -0.1) is 0 Å². The number of aliphatic hydroxyl groups is 1. The van der Waals surface area contributed by atoms with E-state index in [1.54, 1.807) is 0 Å². The lowest BCUT2D eigenvalue weighted by Crippen LogP contribution is -2.60. The summed E-state index contributed by atoms with van der Waals surface area (Å²) in [5.41, 5.74) is 0. The second kappa shape index (κ2) is 4.19. The zero-order valence-electron chi connectivity index (χ0n) is 9.41. The van der Waals surface area contributed by atoms with Crippen LogP contribution in [-0.4, -0.2) is 42.4 Å². The van der Waals surface area contributed by atoms with Crippen molar-refractivity contribution in [3.63, 3.8) is 0 Å². The number of fused-ring (bicyclic) bond motifs is 1. The third-order valence-electron chi connectivity index (χ3n) is 4.51. The quantitative estimate of drug-likeness (QED) is 0.671. The molecule has 2 aliphatic rings. The fourth-order valence-electron chi connectivity index (χ4n) is 3.74. The molecular formula is C12H24NO+. The van der Waals surface area contributed by atoms with E-state index in [2.05, 4.69) is 7.05 Å². The Morgan fingerprint density at radius 2 is 1.93 bits per heavy atom. The van der Waals surface area contributed by atoms with Gasteiger partial charge in [-0.25, -0.2) is 0 Å². The third kappa shape index (κ3) is 1.82. The highest BCUT2D eigenvalue weighted by Gasteiger charge is 2.42. The number of hydrogen-bond acceptors (Lipinski definition) is 1. The minimum atomic E-state index is 0.390. The highest BCUT2D eigenvalue weighted by Crippen LogP contribution is 2.37. The van der Waals surface area contributed by atoms with E-state index >= 15 is 0 Å². The minimum absolute atomic E-state index is 0.390. The first-order valence-electron chi connectivity index (χ1n) is 6.21. The van der Waals surface area contributed by atoms with Gasteiger partial charge in [0, 0.05) is 12.5 Å². The normalized spacial score (nSPS) is 43.3. The summed E-state index contributed by atoms with van der Waals surface area (Å²) >= 11 is 0. The van der Waals surface area contributed by atoms with Crippen molar-refractivity contribution in [1.82, 2.24) is 0 Å². The molecule has 2 fully saturated rings. The Morgan fingerprint density at radius 3 is 2.71 bits per heavy atom.